The van der Waals surface area contributed by atoms with E-state index in [9.17, 15) is 10.1 Å². The lowest BCUT2D eigenvalue weighted by atomic mass is 10.2. The van der Waals surface area contributed by atoms with E-state index in [0.29, 0.717) is 33.1 Å². The lowest BCUT2D eigenvalue weighted by Crippen LogP contribution is -1.99. The molecular formula is C18H10ClN7O2. The Labute approximate surface area is 162 Å². The summed E-state index contributed by atoms with van der Waals surface area (Å²) in [5.74, 6) is 0.462. The minimum atomic E-state index is -0.446. The predicted molar refractivity (Wildman–Crippen MR) is 103 cm³/mol. The molecule has 10 heteroatoms. The summed E-state index contributed by atoms with van der Waals surface area (Å²) in [4.78, 5) is 15.1. The van der Waals surface area contributed by atoms with Gasteiger partial charge in [-0.05, 0) is 18.2 Å². The molecule has 0 saturated heterocycles. The smallest absolute Gasteiger partial charge is 0.265 e. The Morgan fingerprint density at radius 2 is 1.89 bits per heavy atom. The molecule has 0 aliphatic carbocycles. The third-order valence-electron chi connectivity index (χ3n) is 4.34. The van der Waals surface area contributed by atoms with Crippen LogP contribution in [0.25, 0.3) is 33.8 Å². The maximum Gasteiger partial charge on any atom is 0.270 e. The Hall–Kier alpha value is -3.85. The number of nitro groups is 1. The predicted octanol–water partition coefficient (Wildman–Crippen LogP) is 3.69. The highest BCUT2D eigenvalue weighted by atomic mass is 35.5. The number of nitrogens with zero attached hydrogens (tertiary/aromatic N) is 7. The molecule has 0 fully saturated rings. The number of hydrogen-bond acceptors (Lipinski definition) is 6. The van der Waals surface area contributed by atoms with E-state index < -0.39 is 4.92 Å². The molecule has 0 atom stereocenters. The molecule has 0 amide bonds. The topological polar surface area (TPSA) is 104 Å². The van der Waals surface area contributed by atoms with Gasteiger partial charge in [-0.15, -0.1) is 10.2 Å². The molecule has 3 aromatic heterocycles. The van der Waals surface area contributed by atoms with Crippen LogP contribution in [0.2, 0.25) is 5.02 Å². The number of aromatic nitrogens is 6. The summed E-state index contributed by atoms with van der Waals surface area (Å²) >= 11 is 6.08. The Bertz CT molecular complexity index is 1380. The van der Waals surface area contributed by atoms with Crippen LogP contribution in [-0.4, -0.2) is 34.3 Å². The summed E-state index contributed by atoms with van der Waals surface area (Å²) in [5, 5.41) is 25.2. The molecule has 0 aliphatic rings. The zero-order valence-corrected chi connectivity index (χ0v) is 14.9. The van der Waals surface area contributed by atoms with Gasteiger partial charge in [0, 0.05) is 22.7 Å². The minimum absolute atomic E-state index is 0.0166. The molecule has 2 aromatic carbocycles. The molecule has 0 N–H and O–H groups in total. The average molecular weight is 392 g/mol. The first-order valence-corrected chi connectivity index (χ1v) is 8.58. The molecule has 0 aliphatic heterocycles. The van der Waals surface area contributed by atoms with Gasteiger partial charge in [0.05, 0.1) is 22.2 Å². The van der Waals surface area contributed by atoms with Gasteiger partial charge in [-0.25, -0.2) is 9.67 Å². The minimum Gasteiger partial charge on any atom is -0.265 e. The van der Waals surface area contributed by atoms with Crippen LogP contribution in [0.5, 0.6) is 0 Å². The van der Waals surface area contributed by atoms with Crippen molar-refractivity contribution in [1.29, 1.82) is 0 Å². The monoisotopic (exact) mass is 391 g/mol. The molecule has 0 saturated carbocycles. The van der Waals surface area contributed by atoms with Crippen molar-refractivity contribution in [1.82, 2.24) is 29.4 Å². The van der Waals surface area contributed by atoms with E-state index in [-0.39, 0.29) is 5.69 Å². The van der Waals surface area contributed by atoms with Gasteiger partial charge in [-0.1, -0.05) is 29.8 Å². The number of fused-ring (bicyclic) bond motifs is 3. The van der Waals surface area contributed by atoms with Gasteiger partial charge in [0.25, 0.3) is 5.69 Å². The van der Waals surface area contributed by atoms with Crippen LogP contribution < -0.4 is 0 Å². The third kappa shape index (κ3) is 2.48. The highest BCUT2D eigenvalue weighted by Crippen LogP contribution is 2.26. The molecular weight excluding hydrogens is 382 g/mol. The van der Waals surface area contributed by atoms with Crippen LogP contribution in [0.3, 0.4) is 0 Å². The number of hydrogen-bond donors (Lipinski definition) is 0. The van der Waals surface area contributed by atoms with E-state index in [1.807, 2.05) is 12.1 Å². The van der Waals surface area contributed by atoms with E-state index in [0.717, 1.165) is 5.69 Å². The molecule has 3 heterocycles. The fourth-order valence-electron chi connectivity index (χ4n) is 3.07. The van der Waals surface area contributed by atoms with Crippen LogP contribution in [-0.2, 0) is 0 Å². The van der Waals surface area contributed by atoms with Crippen LogP contribution in [0, 0.1) is 10.1 Å². The fourth-order valence-corrected chi connectivity index (χ4v) is 3.26. The molecule has 0 bridgehead atoms. The molecule has 28 heavy (non-hydrogen) atoms. The Balaban J connectivity index is 1.69. The highest BCUT2D eigenvalue weighted by molar-refractivity contribution is 6.30. The van der Waals surface area contributed by atoms with Crippen molar-refractivity contribution in [2.24, 2.45) is 0 Å². The Kier molecular flexibility index (Phi) is 3.56. The van der Waals surface area contributed by atoms with E-state index in [1.165, 1.54) is 12.1 Å². The second kappa shape index (κ2) is 6.10. The summed E-state index contributed by atoms with van der Waals surface area (Å²) in [7, 11) is 0. The maximum atomic E-state index is 11.1. The van der Waals surface area contributed by atoms with Crippen LogP contribution in [0.4, 0.5) is 5.69 Å². The lowest BCUT2D eigenvalue weighted by Gasteiger charge is -2.04. The van der Waals surface area contributed by atoms with E-state index in [1.54, 1.807) is 45.9 Å². The molecule has 136 valence electrons. The Morgan fingerprint density at radius 1 is 1.04 bits per heavy atom. The molecule has 0 radical (unpaired) electrons. The van der Waals surface area contributed by atoms with Gasteiger partial charge in [-0.2, -0.15) is 5.10 Å². The average Bonchev–Trinajstić information content (AvgIpc) is 3.32. The molecule has 0 unspecified atom stereocenters. The first-order chi connectivity index (χ1) is 13.6. The number of halogens is 1. The molecule has 5 rings (SSSR count). The van der Waals surface area contributed by atoms with Crippen molar-refractivity contribution in [3.05, 3.63) is 76.2 Å². The number of nitro benzene ring substituents is 1. The molecule has 0 spiro atoms. The lowest BCUT2D eigenvalue weighted by molar-refractivity contribution is -0.384. The zero-order valence-electron chi connectivity index (χ0n) is 14.1. The van der Waals surface area contributed by atoms with E-state index in [2.05, 4.69) is 20.3 Å². The number of benzene rings is 2. The van der Waals surface area contributed by atoms with Crippen LogP contribution >= 0.6 is 11.6 Å². The van der Waals surface area contributed by atoms with Gasteiger partial charge < -0.3 is 0 Å². The van der Waals surface area contributed by atoms with Crippen molar-refractivity contribution >= 4 is 34.0 Å². The first kappa shape index (κ1) is 16.3. The van der Waals surface area contributed by atoms with Gasteiger partial charge in [-0.3, -0.25) is 14.5 Å². The van der Waals surface area contributed by atoms with Crippen molar-refractivity contribution in [3.8, 4) is 17.1 Å². The third-order valence-corrected chi connectivity index (χ3v) is 4.58. The van der Waals surface area contributed by atoms with Crippen molar-refractivity contribution in [3.63, 3.8) is 0 Å². The zero-order chi connectivity index (χ0) is 19.3. The van der Waals surface area contributed by atoms with Gasteiger partial charge in [0.2, 0.25) is 0 Å². The van der Waals surface area contributed by atoms with Gasteiger partial charge in [0.15, 0.2) is 17.1 Å². The summed E-state index contributed by atoms with van der Waals surface area (Å²) in [6.07, 6.45) is 3.24. The van der Waals surface area contributed by atoms with Gasteiger partial charge >= 0.3 is 0 Å². The quantitative estimate of drug-likeness (QED) is 0.343. The SMILES string of the molecule is O=[N+]([O-])c1cccc(-c2nnc3c4cnn(-c5cccc(Cl)c5)c4ncn23)c1. The largest absolute Gasteiger partial charge is 0.270 e. The number of rotatable bonds is 3. The summed E-state index contributed by atoms with van der Waals surface area (Å²) in [6.45, 7) is 0. The second-order valence-corrected chi connectivity index (χ2v) is 6.48. The van der Waals surface area contributed by atoms with E-state index in [4.69, 9.17) is 11.6 Å². The maximum absolute atomic E-state index is 11.1. The van der Waals surface area contributed by atoms with Crippen LogP contribution in [0.1, 0.15) is 0 Å². The summed E-state index contributed by atoms with van der Waals surface area (Å²) in [5.41, 5.74) is 2.49. The summed E-state index contributed by atoms with van der Waals surface area (Å²) in [6, 6.07) is 13.5. The summed E-state index contributed by atoms with van der Waals surface area (Å²) < 4.78 is 3.36. The van der Waals surface area contributed by atoms with E-state index >= 15 is 0 Å². The van der Waals surface area contributed by atoms with Crippen LogP contribution in [0.15, 0.2) is 61.1 Å². The second-order valence-electron chi connectivity index (χ2n) is 6.04. The standard InChI is InChI=1S/C18H10ClN7O2/c19-12-4-2-5-13(8-12)25-17-15(9-21-25)18-23-22-16(24(18)10-20-17)11-3-1-6-14(7-11)26(27)28/h1-10H. The van der Waals surface area contributed by atoms with Crippen molar-refractivity contribution in [2.75, 3.05) is 0 Å². The Morgan fingerprint density at radius 3 is 2.71 bits per heavy atom. The highest BCUT2D eigenvalue weighted by Gasteiger charge is 2.17. The van der Waals surface area contributed by atoms with Gasteiger partial charge in [0.1, 0.15) is 6.33 Å². The van der Waals surface area contributed by atoms with Crippen molar-refractivity contribution < 1.29 is 4.92 Å². The number of non-ortho nitro benzene ring substituents is 1. The molecule has 9 nitrogen and oxygen atoms in total. The normalized spacial score (nSPS) is 11.3. The first-order valence-electron chi connectivity index (χ1n) is 8.20. The molecule has 5 aromatic rings. The fraction of sp³-hybridized carbons (Fsp3) is 0. The van der Waals surface area contributed by atoms with Crippen molar-refractivity contribution in [2.45, 2.75) is 0 Å².